The van der Waals surface area contributed by atoms with Crippen LogP contribution in [0.25, 0.3) is 0 Å². The highest BCUT2D eigenvalue weighted by molar-refractivity contribution is 7.86. The molecule has 0 amide bonds. The van der Waals surface area contributed by atoms with Gasteiger partial charge in [0.1, 0.15) is 0 Å². The Balaban J connectivity index is 1.63. The largest absolute Gasteiger partial charge is 0.453 e. The molecular weight excluding hydrogens is 551 g/mol. The van der Waals surface area contributed by atoms with Gasteiger partial charge in [0.25, 0.3) is 6.10 Å². The average molecular weight is 577 g/mol. The van der Waals surface area contributed by atoms with E-state index in [2.05, 4.69) is 4.74 Å². The Labute approximate surface area is 221 Å². The molecular formula is C26H25F5O7S. The van der Waals surface area contributed by atoms with Gasteiger partial charge in [-0.15, -0.1) is 0 Å². The number of alkyl halides is 5. The molecule has 7 nitrogen and oxygen atoms in total. The second-order valence-electron chi connectivity index (χ2n) is 10.7. The molecule has 3 aliphatic rings. The van der Waals surface area contributed by atoms with Crippen LogP contribution in [0, 0.1) is 17.3 Å². The minimum Gasteiger partial charge on any atom is -0.453 e. The summed E-state index contributed by atoms with van der Waals surface area (Å²) in [7, 11) is -6.60. The second-order valence-corrected chi connectivity index (χ2v) is 12.2. The van der Waals surface area contributed by atoms with Gasteiger partial charge in [-0.3, -0.25) is 9.35 Å². The summed E-state index contributed by atoms with van der Waals surface area (Å²) >= 11 is 0. The van der Waals surface area contributed by atoms with E-state index in [0.29, 0.717) is 0 Å². The summed E-state index contributed by atoms with van der Waals surface area (Å²) in [6.45, 7) is 4.28. The van der Waals surface area contributed by atoms with Crippen LogP contribution in [0.1, 0.15) is 54.9 Å². The van der Waals surface area contributed by atoms with E-state index in [0.717, 1.165) is 22.3 Å². The van der Waals surface area contributed by atoms with Gasteiger partial charge in [-0.2, -0.15) is 30.4 Å². The quantitative estimate of drug-likeness (QED) is 0.291. The lowest BCUT2D eigenvalue weighted by atomic mass is 9.49. The van der Waals surface area contributed by atoms with E-state index in [9.17, 15) is 40.0 Å². The molecule has 3 atom stereocenters. The van der Waals surface area contributed by atoms with Crippen molar-refractivity contribution in [1.82, 2.24) is 0 Å². The number of carbonyl (C=O) groups excluding carboxylic acids is 2. The van der Waals surface area contributed by atoms with Crippen molar-refractivity contribution in [3.8, 4) is 0 Å². The van der Waals surface area contributed by atoms with Gasteiger partial charge in [-0.1, -0.05) is 69.3 Å². The van der Waals surface area contributed by atoms with Crippen LogP contribution in [-0.2, 0) is 29.2 Å². The molecule has 2 bridgehead atoms. The molecule has 0 spiro atoms. The Kier molecular flexibility index (Phi) is 7.08. The number of hydrogen-bond donors (Lipinski definition) is 1. The number of fused-ring (bicyclic) bond motifs is 1. The van der Waals surface area contributed by atoms with Gasteiger partial charge in [0, 0.05) is 11.8 Å². The number of ether oxygens (including phenoxy) is 2. The zero-order chi connectivity index (χ0) is 29.1. The van der Waals surface area contributed by atoms with Crippen molar-refractivity contribution in [2.75, 3.05) is 6.61 Å². The molecule has 2 aromatic rings. The Morgan fingerprint density at radius 3 is 1.69 bits per heavy atom. The zero-order valence-electron chi connectivity index (χ0n) is 20.9. The predicted octanol–water partition coefficient (Wildman–Crippen LogP) is 5.05. The molecule has 0 aromatic heterocycles. The first kappa shape index (κ1) is 28.9. The SMILES string of the molecule is CC(C)(C)C1C2c3ccccc3C(c3ccccc32)C1C(=O)OCC(=O)OC(C(F)(F)F)C(F)(F)S(=O)(=O)O. The van der Waals surface area contributed by atoms with Crippen LogP contribution in [0.2, 0.25) is 0 Å². The van der Waals surface area contributed by atoms with Gasteiger partial charge >= 0.3 is 33.5 Å². The van der Waals surface area contributed by atoms with Crippen molar-refractivity contribution in [2.45, 2.75) is 50.1 Å². The van der Waals surface area contributed by atoms with Gasteiger partial charge in [-0.05, 0) is 33.6 Å². The molecule has 0 aliphatic heterocycles. The third-order valence-electron chi connectivity index (χ3n) is 7.24. The number of halogens is 5. The molecule has 0 saturated heterocycles. The van der Waals surface area contributed by atoms with Crippen LogP contribution in [0.3, 0.4) is 0 Å². The standard InChI is InChI=1S/C26H25F5O7S/c1-24(2,3)21-19-15-10-6-4-8-13(15)18(14-9-5-7-11-16(14)19)20(21)22(33)37-12-17(32)38-23(25(27,28)29)26(30,31)39(34,35)36/h4-11,18-21,23H,12H2,1-3H3,(H,34,35,36). The monoisotopic (exact) mass is 576 g/mol. The van der Waals surface area contributed by atoms with Crippen molar-refractivity contribution in [3.63, 3.8) is 0 Å². The van der Waals surface area contributed by atoms with Crippen molar-refractivity contribution >= 4 is 22.1 Å². The second kappa shape index (κ2) is 9.54. The van der Waals surface area contributed by atoms with Crippen molar-refractivity contribution in [3.05, 3.63) is 70.8 Å². The van der Waals surface area contributed by atoms with Crippen molar-refractivity contribution in [2.24, 2.45) is 17.3 Å². The normalized spacial score (nSPS) is 23.4. The minimum atomic E-state index is -6.60. The zero-order valence-corrected chi connectivity index (χ0v) is 21.7. The third kappa shape index (κ3) is 5.02. The topological polar surface area (TPSA) is 107 Å². The maximum absolute atomic E-state index is 13.8. The molecule has 13 heteroatoms. The van der Waals surface area contributed by atoms with E-state index in [1.54, 1.807) is 12.1 Å². The Morgan fingerprint density at radius 1 is 0.872 bits per heavy atom. The average Bonchev–Trinajstić information content (AvgIpc) is 2.83. The molecule has 0 saturated carbocycles. The lowest BCUT2D eigenvalue weighted by molar-refractivity contribution is -0.260. The smallest absolute Gasteiger partial charge is 0.432 e. The molecule has 0 fully saturated rings. The predicted molar refractivity (Wildman–Crippen MR) is 126 cm³/mol. The number of esters is 2. The number of benzene rings is 2. The van der Waals surface area contributed by atoms with E-state index in [-0.39, 0.29) is 11.8 Å². The lowest BCUT2D eigenvalue weighted by Crippen LogP contribution is -2.52. The number of hydrogen-bond acceptors (Lipinski definition) is 6. The van der Waals surface area contributed by atoms with Gasteiger partial charge in [0.15, 0.2) is 6.61 Å². The van der Waals surface area contributed by atoms with E-state index in [1.807, 2.05) is 57.2 Å². The first-order valence-corrected chi connectivity index (χ1v) is 13.3. The maximum Gasteiger partial charge on any atom is 0.432 e. The van der Waals surface area contributed by atoms with Crippen molar-refractivity contribution < 1.29 is 54.0 Å². The van der Waals surface area contributed by atoms with Gasteiger partial charge in [0.05, 0.1) is 5.92 Å². The van der Waals surface area contributed by atoms with Gasteiger partial charge in [-0.25, -0.2) is 4.79 Å². The molecule has 0 heterocycles. The van der Waals surface area contributed by atoms with Crippen molar-refractivity contribution in [1.29, 1.82) is 0 Å². The molecule has 3 unspecified atom stereocenters. The summed E-state index contributed by atoms with van der Waals surface area (Å²) in [5.41, 5.74) is 3.26. The van der Waals surface area contributed by atoms with Gasteiger partial charge < -0.3 is 9.47 Å². The molecule has 5 rings (SSSR count). The van der Waals surface area contributed by atoms with Crippen LogP contribution in [-0.4, -0.2) is 49.1 Å². The third-order valence-corrected chi connectivity index (χ3v) is 8.14. The first-order valence-electron chi connectivity index (χ1n) is 11.8. The highest BCUT2D eigenvalue weighted by Crippen LogP contribution is 2.62. The van der Waals surface area contributed by atoms with E-state index < -0.39 is 63.4 Å². The van der Waals surface area contributed by atoms with Gasteiger partial charge in [0.2, 0.25) is 0 Å². The maximum atomic E-state index is 13.8. The highest BCUT2D eigenvalue weighted by atomic mass is 32.2. The summed E-state index contributed by atoms with van der Waals surface area (Å²) in [5.74, 6) is -5.02. The fourth-order valence-corrected chi connectivity index (χ4v) is 6.30. The molecule has 2 aromatic carbocycles. The van der Waals surface area contributed by atoms with Crippen LogP contribution in [0.4, 0.5) is 22.0 Å². The highest BCUT2D eigenvalue weighted by Gasteiger charge is 2.66. The van der Waals surface area contributed by atoms with E-state index in [4.69, 9.17) is 9.29 Å². The summed E-state index contributed by atoms with van der Waals surface area (Å²) in [6.07, 6.45) is -10.6. The van der Waals surface area contributed by atoms with Crippen LogP contribution < -0.4 is 0 Å². The van der Waals surface area contributed by atoms with Crippen LogP contribution in [0.15, 0.2) is 48.5 Å². The Hall–Kier alpha value is -3.06. The Morgan fingerprint density at radius 2 is 1.31 bits per heavy atom. The number of carbonyl (C=O) groups is 2. The van der Waals surface area contributed by atoms with Crippen LogP contribution >= 0.6 is 0 Å². The summed E-state index contributed by atoms with van der Waals surface area (Å²) in [4.78, 5) is 25.6. The molecule has 212 valence electrons. The van der Waals surface area contributed by atoms with E-state index in [1.165, 1.54) is 0 Å². The fraction of sp³-hybridized carbons (Fsp3) is 0.462. The fourth-order valence-electron chi connectivity index (χ4n) is 5.85. The minimum absolute atomic E-state index is 0.241. The molecule has 3 aliphatic carbocycles. The Bertz CT molecular complexity index is 1350. The van der Waals surface area contributed by atoms with Crippen LogP contribution in [0.5, 0.6) is 0 Å². The van der Waals surface area contributed by atoms with E-state index >= 15 is 0 Å². The summed E-state index contributed by atoms with van der Waals surface area (Å²) in [5, 5.41) is -5.89. The summed E-state index contributed by atoms with van der Waals surface area (Å²) in [6, 6.07) is 15.0. The lowest BCUT2D eigenvalue weighted by Gasteiger charge is -2.54. The molecule has 1 N–H and O–H groups in total. The molecule has 39 heavy (non-hydrogen) atoms. The molecule has 0 radical (unpaired) electrons. The number of rotatable bonds is 6. The summed E-state index contributed by atoms with van der Waals surface area (Å²) < 4.78 is 106. The first-order chi connectivity index (χ1) is 17.9.